The van der Waals surface area contributed by atoms with Crippen molar-refractivity contribution in [3.05, 3.63) is 83.4 Å². The van der Waals surface area contributed by atoms with Gasteiger partial charge in [-0.05, 0) is 42.5 Å². The number of hydrazone groups is 1. The van der Waals surface area contributed by atoms with E-state index in [2.05, 4.69) is 15.8 Å². The first-order chi connectivity index (χ1) is 14.7. The Balaban J connectivity index is 1.53. The number of nitrogens with zero attached hydrogens (tertiary/aromatic N) is 1. The molecule has 0 spiro atoms. The van der Waals surface area contributed by atoms with E-state index in [1.165, 1.54) is 42.5 Å². The van der Waals surface area contributed by atoms with Gasteiger partial charge >= 0.3 is 6.18 Å². The lowest BCUT2D eigenvalue weighted by atomic mass is 10.1. The molecule has 0 atom stereocenters. The summed E-state index contributed by atoms with van der Waals surface area (Å²) < 4.78 is 57.0. The summed E-state index contributed by atoms with van der Waals surface area (Å²) >= 11 is 0. The molecule has 0 aliphatic heterocycles. The number of rotatable bonds is 6. The quantitative estimate of drug-likeness (QED) is 0.350. The van der Waals surface area contributed by atoms with Crippen LogP contribution in [0.3, 0.4) is 0 Å². The van der Waals surface area contributed by atoms with Gasteiger partial charge in [-0.25, -0.2) is 9.82 Å². The SMILES string of the molecule is O=C(CNC(=O)c1cccc(F)c1)N/N=C/c1ccc(-c2cccc(C(F)(F)F)c2)o1. The van der Waals surface area contributed by atoms with Gasteiger partial charge in [-0.15, -0.1) is 0 Å². The molecule has 3 rings (SSSR count). The second-order valence-corrected chi connectivity index (χ2v) is 6.27. The standard InChI is InChI=1S/C21H15F4N3O3/c22-16-6-2-4-14(10-16)20(30)26-12-19(29)28-27-11-17-7-8-18(31-17)13-3-1-5-15(9-13)21(23,24)25/h1-11H,12H2,(H,26,30)(H,28,29)/b27-11+. The summed E-state index contributed by atoms with van der Waals surface area (Å²) in [5.74, 6) is -1.47. The van der Waals surface area contributed by atoms with Crippen LogP contribution in [0.2, 0.25) is 0 Å². The van der Waals surface area contributed by atoms with Gasteiger partial charge in [0.05, 0.1) is 18.3 Å². The summed E-state index contributed by atoms with van der Waals surface area (Å²) in [4.78, 5) is 23.6. The molecule has 0 saturated carbocycles. The number of nitrogens with one attached hydrogen (secondary N) is 2. The van der Waals surface area contributed by atoms with Crippen LogP contribution in [0.1, 0.15) is 21.7 Å². The average molecular weight is 433 g/mol. The van der Waals surface area contributed by atoms with E-state index in [0.717, 1.165) is 24.4 Å². The fourth-order valence-corrected chi connectivity index (χ4v) is 2.53. The van der Waals surface area contributed by atoms with Crippen molar-refractivity contribution in [2.75, 3.05) is 6.54 Å². The summed E-state index contributed by atoms with van der Waals surface area (Å²) in [5.41, 5.74) is 1.66. The normalized spacial score (nSPS) is 11.5. The van der Waals surface area contributed by atoms with Gasteiger partial charge in [0.25, 0.3) is 11.8 Å². The van der Waals surface area contributed by atoms with E-state index in [1.54, 1.807) is 0 Å². The molecular weight excluding hydrogens is 418 g/mol. The van der Waals surface area contributed by atoms with Crippen molar-refractivity contribution in [3.63, 3.8) is 0 Å². The van der Waals surface area contributed by atoms with Crippen LogP contribution in [-0.2, 0) is 11.0 Å². The van der Waals surface area contributed by atoms with Crippen LogP contribution in [0.5, 0.6) is 0 Å². The van der Waals surface area contributed by atoms with Crippen LogP contribution in [0.15, 0.2) is 70.2 Å². The third-order valence-corrected chi connectivity index (χ3v) is 3.98. The van der Waals surface area contributed by atoms with E-state index in [4.69, 9.17) is 4.42 Å². The second kappa shape index (κ2) is 9.24. The lowest BCUT2D eigenvalue weighted by molar-refractivity contribution is -0.137. The zero-order valence-electron chi connectivity index (χ0n) is 15.7. The largest absolute Gasteiger partial charge is 0.455 e. The lowest BCUT2D eigenvalue weighted by Gasteiger charge is -2.07. The van der Waals surface area contributed by atoms with Gasteiger partial charge in [-0.3, -0.25) is 9.59 Å². The molecule has 3 aromatic rings. The average Bonchev–Trinajstić information content (AvgIpc) is 3.20. The summed E-state index contributed by atoms with van der Waals surface area (Å²) in [7, 11) is 0. The van der Waals surface area contributed by atoms with Crippen LogP contribution in [-0.4, -0.2) is 24.6 Å². The third kappa shape index (κ3) is 6.01. The van der Waals surface area contributed by atoms with Gasteiger partial charge in [0, 0.05) is 11.1 Å². The van der Waals surface area contributed by atoms with Crippen molar-refractivity contribution in [1.29, 1.82) is 0 Å². The Morgan fingerprint density at radius 3 is 2.55 bits per heavy atom. The number of hydrogen-bond acceptors (Lipinski definition) is 4. The molecule has 1 heterocycles. The van der Waals surface area contributed by atoms with Crippen LogP contribution in [0.4, 0.5) is 17.6 Å². The third-order valence-electron chi connectivity index (χ3n) is 3.98. The predicted octanol–water partition coefficient (Wildman–Crippen LogP) is 3.98. The Morgan fingerprint density at radius 2 is 1.81 bits per heavy atom. The maximum Gasteiger partial charge on any atom is 0.416 e. The molecule has 2 N–H and O–H groups in total. The Labute approximate surface area is 173 Å². The maximum atomic E-state index is 13.1. The Kier molecular flexibility index (Phi) is 6.49. The molecule has 1 aromatic heterocycles. The smallest absolute Gasteiger partial charge is 0.416 e. The van der Waals surface area contributed by atoms with Gasteiger partial charge in [0.2, 0.25) is 0 Å². The molecule has 0 saturated heterocycles. The first kappa shape index (κ1) is 21.8. The fraction of sp³-hybridized carbons (Fsp3) is 0.0952. The topological polar surface area (TPSA) is 83.7 Å². The van der Waals surface area contributed by atoms with Gasteiger partial charge < -0.3 is 9.73 Å². The number of hydrogen-bond donors (Lipinski definition) is 2. The molecule has 2 aromatic carbocycles. The molecule has 0 fully saturated rings. The summed E-state index contributed by atoms with van der Waals surface area (Å²) in [5, 5.41) is 5.97. The second-order valence-electron chi connectivity index (χ2n) is 6.27. The number of amides is 2. The number of carbonyl (C=O) groups is 2. The minimum absolute atomic E-state index is 0.0639. The van der Waals surface area contributed by atoms with E-state index >= 15 is 0 Å². The van der Waals surface area contributed by atoms with Crippen molar-refractivity contribution in [2.24, 2.45) is 5.10 Å². The van der Waals surface area contributed by atoms with Crippen molar-refractivity contribution in [1.82, 2.24) is 10.7 Å². The number of furan rings is 1. The highest BCUT2D eigenvalue weighted by molar-refractivity contribution is 5.96. The Bertz CT molecular complexity index is 1120. The first-order valence-corrected chi connectivity index (χ1v) is 8.85. The highest BCUT2D eigenvalue weighted by atomic mass is 19.4. The van der Waals surface area contributed by atoms with Gasteiger partial charge in [-0.1, -0.05) is 18.2 Å². The van der Waals surface area contributed by atoms with Crippen molar-refractivity contribution >= 4 is 18.0 Å². The molecule has 2 amide bonds. The zero-order chi connectivity index (χ0) is 22.4. The molecule has 6 nitrogen and oxygen atoms in total. The summed E-state index contributed by atoms with van der Waals surface area (Å²) in [6.07, 6.45) is -3.31. The highest BCUT2D eigenvalue weighted by Crippen LogP contribution is 2.32. The minimum Gasteiger partial charge on any atom is -0.455 e. The maximum absolute atomic E-state index is 13.1. The minimum atomic E-state index is -4.47. The first-order valence-electron chi connectivity index (χ1n) is 8.85. The number of carbonyl (C=O) groups excluding carboxylic acids is 2. The molecule has 0 bridgehead atoms. The molecule has 31 heavy (non-hydrogen) atoms. The van der Waals surface area contributed by atoms with E-state index in [0.29, 0.717) is 0 Å². The summed E-state index contributed by atoms with van der Waals surface area (Å²) in [6, 6.07) is 12.6. The number of benzene rings is 2. The molecule has 160 valence electrons. The molecule has 0 aliphatic rings. The molecule has 0 radical (unpaired) electrons. The zero-order valence-corrected chi connectivity index (χ0v) is 15.7. The number of alkyl halides is 3. The lowest BCUT2D eigenvalue weighted by Crippen LogP contribution is -2.34. The molecular formula is C21H15F4N3O3. The van der Waals surface area contributed by atoms with Crippen molar-refractivity contribution in [2.45, 2.75) is 6.18 Å². The van der Waals surface area contributed by atoms with Crippen LogP contribution in [0.25, 0.3) is 11.3 Å². The van der Waals surface area contributed by atoms with Crippen LogP contribution >= 0.6 is 0 Å². The Morgan fingerprint density at radius 1 is 1.03 bits per heavy atom. The van der Waals surface area contributed by atoms with E-state index in [-0.39, 0.29) is 22.6 Å². The summed E-state index contributed by atoms with van der Waals surface area (Å²) in [6.45, 7) is -0.402. The fourth-order valence-electron chi connectivity index (χ4n) is 2.53. The highest BCUT2D eigenvalue weighted by Gasteiger charge is 2.30. The van der Waals surface area contributed by atoms with E-state index in [9.17, 15) is 27.2 Å². The van der Waals surface area contributed by atoms with E-state index < -0.39 is 35.9 Å². The molecule has 10 heteroatoms. The van der Waals surface area contributed by atoms with Gasteiger partial charge in [-0.2, -0.15) is 18.3 Å². The monoisotopic (exact) mass is 433 g/mol. The van der Waals surface area contributed by atoms with E-state index in [1.807, 2.05) is 0 Å². The molecule has 0 aliphatic carbocycles. The predicted molar refractivity (Wildman–Crippen MR) is 104 cm³/mol. The van der Waals surface area contributed by atoms with Crippen LogP contribution in [0, 0.1) is 5.82 Å². The number of halogens is 4. The van der Waals surface area contributed by atoms with Crippen molar-refractivity contribution < 1.29 is 31.6 Å². The van der Waals surface area contributed by atoms with Crippen LogP contribution < -0.4 is 10.7 Å². The Hall–Kier alpha value is -3.95. The van der Waals surface area contributed by atoms with Gasteiger partial charge in [0.15, 0.2) is 0 Å². The van der Waals surface area contributed by atoms with Crippen molar-refractivity contribution in [3.8, 4) is 11.3 Å². The van der Waals surface area contributed by atoms with Gasteiger partial charge in [0.1, 0.15) is 17.3 Å². The molecule has 0 unspecified atom stereocenters.